The number of esters is 1. The van der Waals surface area contributed by atoms with Crippen LogP contribution in [0.25, 0.3) is 0 Å². The monoisotopic (exact) mass is 256 g/mol. The van der Waals surface area contributed by atoms with Crippen LogP contribution in [0.5, 0.6) is 5.75 Å². The summed E-state index contributed by atoms with van der Waals surface area (Å²) in [6.45, 7) is 2.17. The first-order chi connectivity index (χ1) is 8.22. The van der Waals surface area contributed by atoms with Gasteiger partial charge in [0.15, 0.2) is 0 Å². The van der Waals surface area contributed by atoms with E-state index in [2.05, 4.69) is 0 Å². The fourth-order valence-corrected chi connectivity index (χ4v) is 1.70. The second-order valence-corrected chi connectivity index (χ2v) is 3.91. The molecule has 0 N–H and O–H groups in total. The van der Waals surface area contributed by atoms with Crippen LogP contribution in [0.2, 0.25) is 0 Å². The molecule has 0 unspecified atom stereocenters. The lowest BCUT2D eigenvalue weighted by atomic mass is 10.0. The van der Waals surface area contributed by atoms with E-state index in [1.807, 2.05) is 6.07 Å². The molecule has 1 aromatic carbocycles. The van der Waals surface area contributed by atoms with Gasteiger partial charge < -0.3 is 9.47 Å². The van der Waals surface area contributed by atoms with Crippen molar-refractivity contribution < 1.29 is 14.3 Å². The SMILES string of the molecule is CCOC(=O)c1ccc(OC)cc1CCCCl. The number of ether oxygens (including phenoxy) is 2. The summed E-state index contributed by atoms with van der Waals surface area (Å²) in [5, 5.41) is 0. The number of hydrogen-bond donors (Lipinski definition) is 0. The molecular formula is C13H17ClO3. The summed E-state index contributed by atoms with van der Waals surface area (Å²) >= 11 is 5.67. The molecule has 0 atom stereocenters. The predicted octanol–water partition coefficient (Wildman–Crippen LogP) is 3.04. The standard InChI is InChI=1S/C13H17ClO3/c1-3-17-13(15)12-7-6-11(16-2)9-10(12)5-4-8-14/h6-7,9H,3-5,8H2,1-2H3. The molecule has 0 fully saturated rings. The number of rotatable bonds is 6. The van der Waals surface area contributed by atoms with Crippen LogP contribution >= 0.6 is 11.6 Å². The summed E-state index contributed by atoms with van der Waals surface area (Å²) in [7, 11) is 1.60. The van der Waals surface area contributed by atoms with Gasteiger partial charge in [0.05, 0.1) is 19.3 Å². The maximum Gasteiger partial charge on any atom is 0.338 e. The molecule has 0 saturated heterocycles. The summed E-state index contributed by atoms with van der Waals surface area (Å²) in [5.41, 5.74) is 1.52. The van der Waals surface area contributed by atoms with Crippen LogP contribution in [-0.4, -0.2) is 25.6 Å². The molecule has 4 heteroatoms. The zero-order chi connectivity index (χ0) is 12.7. The third-order valence-electron chi connectivity index (χ3n) is 2.39. The molecule has 1 rings (SSSR count). The molecule has 0 bridgehead atoms. The Morgan fingerprint density at radius 3 is 2.76 bits per heavy atom. The fraction of sp³-hybridized carbons (Fsp3) is 0.462. The third kappa shape index (κ3) is 3.93. The first-order valence-electron chi connectivity index (χ1n) is 5.63. The lowest BCUT2D eigenvalue weighted by Gasteiger charge is -2.10. The van der Waals surface area contributed by atoms with Crippen molar-refractivity contribution >= 4 is 17.6 Å². The van der Waals surface area contributed by atoms with Crippen molar-refractivity contribution in [3.63, 3.8) is 0 Å². The average molecular weight is 257 g/mol. The fourth-order valence-electron chi connectivity index (χ4n) is 1.57. The second kappa shape index (κ2) is 7.17. The van der Waals surface area contributed by atoms with Crippen molar-refractivity contribution in [2.75, 3.05) is 19.6 Å². The smallest absolute Gasteiger partial charge is 0.338 e. The highest BCUT2D eigenvalue weighted by molar-refractivity contribution is 6.17. The van der Waals surface area contributed by atoms with Gasteiger partial charge in [-0.15, -0.1) is 11.6 Å². The van der Waals surface area contributed by atoms with Crippen LogP contribution in [0, 0.1) is 0 Å². The minimum absolute atomic E-state index is 0.292. The Kier molecular flexibility index (Phi) is 5.84. The lowest BCUT2D eigenvalue weighted by molar-refractivity contribution is 0.0525. The van der Waals surface area contributed by atoms with Gasteiger partial charge in [-0.2, -0.15) is 0 Å². The predicted molar refractivity (Wildman–Crippen MR) is 68.0 cm³/mol. The molecule has 0 aliphatic carbocycles. The molecule has 1 aromatic rings. The number of carbonyl (C=O) groups excluding carboxylic acids is 1. The van der Waals surface area contributed by atoms with Crippen molar-refractivity contribution in [3.05, 3.63) is 29.3 Å². The van der Waals surface area contributed by atoms with Gasteiger partial charge in [-0.3, -0.25) is 0 Å². The zero-order valence-corrected chi connectivity index (χ0v) is 10.9. The molecule has 0 saturated carbocycles. The molecule has 94 valence electrons. The highest BCUT2D eigenvalue weighted by Crippen LogP contribution is 2.20. The Morgan fingerprint density at radius 1 is 1.41 bits per heavy atom. The van der Waals surface area contributed by atoms with E-state index in [-0.39, 0.29) is 5.97 Å². The van der Waals surface area contributed by atoms with Gasteiger partial charge in [0.2, 0.25) is 0 Å². The number of alkyl halides is 1. The summed E-state index contributed by atoms with van der Waals surface area (Å²) in [5.74, 6) is 1.02. The maximum absolute atomic E-state index is 11.7. The maximum atomic E-state index is 11.7. The van der Waals surface area contributed by atoms with Gasteiger partial charge in [-0.05, 0) is 43.5 Å². The van der Waals surface area contributed by atoms with Gasteiger partial charge in [-0.1, -0.05) is 0 Å². The normalized spacial score (nSPS) is 10.1. The summed E-state index contributed by atoms with van der Waals surface area (Å²) in [4.78, 5) is 11.7. The van der Waals surface area contributed by atoms with E-state index in [1.165, 1.54) is 0 Å². The Labute approximate surface area is 107 Å². The number of halogens is 1. The first kappa shape index (κ1) is 13.8. The van der Waals surface area contributed by atoms with Crippen molar-refractivity contribution in [2.24, 2.45) is 0 Å². The number of carbonyl (C=O) groups is 1. The molecular weight excluding hydrogens is 240 g/mol. The Balaban J connectivity index is 2.97. The van der Waals surface area contributed by atoms with E-state index < -0.39 is 0 Å². The number of aryl methyl sites for hydroxylation is 1. The average Bonchev–Trinajstić information content (AvgIpc) is 2.36. The summed E-state index contributed by atoms with van der Waals surface area (Å²) in [6.07, 6.45) is 1.57. The highest BCUT2D eigenvalue weighted by atomic mass is 35.5. The number of methoxy groups -OCH3 is 1. The summed E-state index contributed by atoms with van der Waals surface area (Å²) in [6, 6.07) is 5.36. The number of benzene rings is 1. The molecule has 0 spiro atoms. The molecule has 0 aliphatic rings. The van der Waals surface area contributed by atoms with Crippen LogP contribution in [0.15, 0.2) is 18.2 Å². The van der Waals surface area contributed by atoms with Gasteiger partial charge >= 0.3 is 5.97 Å². The van der Waals surface area contributed by atoms with Crippen LogP contribution in [0.3, 0.4) is 0 Å². The number of hydrogen-bond acceptors (Lipinski definition) is 3. The first-order valence-corrected chi connectivity index (χ1v) is 6.16. The third-order valence-corrected chi connectivity index (χ3v) is 2.65. The Hall–Kier alpha value is -1.22. The van der Waals surface area contributed by atoms with Crippen molar-refractivity contribution in [1.82, 2.24) is 0 Å². The molecule has 3 nitrogen and oxygen atoms in total. The van der Waals surface area contributed by atoms with Gasteiger partial charge in [0.25, 0.3) is 0 Å². The van der Waals surface area contributed by atoms with Gasteiger partial charge in [0.1, 0.15) is 5.75 Å². The van der Waals surface area contributed by atoms with Crippen LogP contribution in [0.4, 0.5) is 0 Å². The molecule has 0 radical (unpaired) electrons. The highest BCUT2D eigenvalue weighted by Gasteiger charge is 2.13. The topological polar surface area (TPSA) is 35.5 Å². The van der Waals surface area contributed by atoms with Gasteiger partial charge in [0, 0.05) is 5.88 Å². The Morgan fingerprint density at radius 2 is 2.18 bits per heavy atom. The van der Waals surface area contributed by atoms with E-state index >= 15 is 0 Å². The molecule has 0 amide bonds. The zero-order valence-electron chi connectivity index (χ0n) is 10.2. The Bertz CT molecular complexity index is 377. The van der Waals surface area contributed by atoms with E-state index in [0.29, 0.717) is 18.1 Å². The second-order valence-electron chi connectivity index (χ2n) is 3.54. The van der Waals surface area contributed by atoms with E-state index in [0.717, 1.165) is 24.2 Å². The molecule has 0 heterocycles. The van der Waals surface area contributed by atoms with Crippen LogP contribution in [-0.2, 0) is 11.2 Å². The molecule has 17 heavy (non-hydrogen) atoms. The molecule has 0 aliphatic heterocycles. The van der Waals surface area contributed by atoms with Crippen LogP contribution in [0.1, 0.15) is 29.3 Å². The van der Waals surface area contributed by atoms with Crippen LogP contribution < -0.4 is 4.74 Å². The van der Waals surface area contributed by atoms with Crippen molar-refractivity contribution in [2.45, 2.75) is 19.8 Å². The summed E-state index contributed by atoms with van der Waals surface area (Å²) < 4.78 is 10.2. The molecule has 0 aromatic heterocycles. The lowest BCUT2D eigenvalue weighted by Crippen LogP contribution is -2.08. The van der Waals surface area contributed by atoms with Crippen molar-refractivity contribution in [3.8, 4) is 5.75 Å². The van der Waals surface area contributed by atoms with Crippen molar-refractivity contribution in [1.29, 1.82) is 0 Å². The minimum Gasteiger partial charge on any atom is -0.497 e. The quantitative estimate of drug-likeness (QED) is 0.580. The van der Waals surface area contributed by atoms with E-state index in [4.69, 9.17) is 21.1 Å². The minimum atomic E-state index is -0.292. The van der Waals surface area contributed by atoms with Gasteiger partial charge in [-0.25, -0.2) is 4.79 Å². The largest absolute Gasteiger partial charge is 0.497 e. The van der Waals surface area contributed by atoms with E-state index in [1.54, 1.807) is 26.2 Å². The van der Waals surface area contributed by atoms with E-state index in [9.17, 15) is 4.79 Å².